The van der Waals surface area contributed by atoms with Crippen LogP contribution >= 0.6 is 0 Å². The molecule has 0 fully saturated rings. The predicted octanol–water partition coefficient (Wildman–Crippen LogP) is 4.38. The summed E-state index contributed by atoms with van der Waals surface area (Å²) in [5.74, 6) is -0.171. The fourth-order valence-corrected chi connectivity index (χ4v) is 2.66. The molecule has 0 spiro atoms. The molecular weight excluding hydrogens is 320 g/mol. The summed E-state index contributed by atoms with van der Waals surface area (Å²) in [5, 5.41) is 10.6. The smallest absolute Gasteiger partial charge is 0.269 e. The highest BCUT2D eigenvalue weighted by Crippen LogP contribution is 2.14. The number of ketones is 1. The molecule has 1 rings (SSSR count). The number of unbranched alkanes of at least 4 members (excludes halogenated alkanes) is 4. The van der Waals surface area contributed by atoms with E-state index in [1.165, 1.54) is 43.5 Å². The molecule has 0 saturated heterocycles. The molecule has 0 saturated carbocycles. The minimum absolute atomic E-state index is 0.00625. The normalized spacial score (nSPS) is 10.5. The van der Waals surface area contributed by atoms with Gasteiger partial charge in [-0.2, -0.15) is 0 Å². The first-order chi connectivity index (χ1) is 12.0. The van der Waals surface area contributed by atoms with E-state index < -0.39 is 4.92 Å². The van der Waals surface area contributed by atoms with Gasteiger partial charge in [0.1, 0.15) is 0 Å². The van der Waals surface area contributed by atoms with Gasteiger partial charge < -0.3 is 4.90 Å². The van der Waals surface area contributed by atoms with Gasteiger partial charge in [0, 0.05) is 43.6 Å². The van der Waals surface area contributed by atoms with Gasteiger partial charge in [0.2, 0.25) is 5.91 Å². The Morgan fingerprint density at radius 2 is 1.64 bits per heavy atom. The van der Waals surface area contributed by atoms with E-state index in [1.54, 1.807) is 4.90 Å². The van der Waals surface area contributed by atoms with E-state index in [-0.39, 0.29) is 30.2 Å². The number of carbonyl (C=O) groups excluding carboxylic acids is 2. The van der Waals surface area contributed by atoms with Crippen molar-refractivity contribution in [2.45, 2.75) is 58.8 Å². The Balaban J connectivity index is 2.42. The first kappa shape index (κ1) is 20.8. The van der Waals surface area contributed by atoms with Crippen LogP contribution in [0.4, 0.5) is 5.69 Å². The molecule has 0 unspecified atom stereocenters. The maximum Gasteiger partial charge on any atom is 0.269 e. The lowest BCUT2D eigenvalue weighted by Gasteiger charge is -2.20. The average molecular weight is 348 g/mol. The Morgan fingerprint density at radius 3 is 2.20 bits per heavy atom. The predicted molar refractivity (Wildman–Crippen MR) is 97.7 cm³/mol. The van der Waals surface area contributed by atoms with Gasteiger partial charge in [-0.1, -0.05) is 32.6 Å². The first-order valence-electron chi connectivity index (χ1n) is 9.05. The van der Waals surface area contributed by atoms with Gasteiger partial charge in [0.05, 0.1) is 4.92 Å². The highest BCUT2D eigenvalue weighted by atomic mass is 16.6. The Bertz CT molecular complexity index is 569. The Hall–Kier alpha value is -2.24. The summed E-state index contributed by atoms with van der Waals surface area (Å²) >= 11 is 0. The fourth-order valence-electron chi connectivity index (χ4n) is 2.66. The number of carbonyl (C=O) groups is 2. The molecule has 1 aromatic carbocycles. The van der Waals surface area contributed by atoms with Gasteiger partial charge in [0.15, 0.2) is 5.78 Å². The van der Waals surface area contributed by atoms with Crippen molar-refractivity contribution in [3.05, 3.63) is 39.9 Å². The van der Waals surface area contributed by atoms with Crippen LogP contribution in [0.5, 0.6) is 0 Å². The summed E-state index contributed by atoms with van der Waals surface area (Å²) < 4.78 is 0. The number of hydrogen-bond acceptors (Lipinski definition) is 4. The number of nitrogens with zero attached hydrogens (tertiary/aromatic N) is 2. The fraction of sp³-hybridized carbons (Fsp3) is 0.579. The van der Waals surface area contributed by atoms with Crippen LogP contribution in [0.2, 0.25) is 0 Å². The molecule has 138 valence electrons. The van der Waals surface area contributed by atoms with E-state index in [2.05, 4.69) is 6.92 Å². The van der Waals surface area contributed by atoms with Crippen molar-refractivity contribution >= 4 is 17.4 Å². The monoisotopic (exact) mass is 348 g/mol. The van der Waals surface area contributed by atoms with E-state index in [0.717, 1.165) is 19.4 Å². The van der Waals surface area contributed by atoms with Crippen molar-refractivity contribution < 1.29 is 14.5 Å². The lowest BCUT2D eigenvalue weighted by Crippen LogP contribution is -2.32. The SMILES string of the molecule is CCCCCCCN(CC)C(=O)CCC(=O)c1ccc([N+](=O)[O-])cc1. The van der Waals surface area contributed by atoms with Crippen LogP contribution in [0.3, 0.4) is 0 Å². The summed E-state index contributed by atoms with van der Waals surface area (Å²) in [7, 11) is 0. The Morgan fingerprint density at radius 1 is 1.00 bits per heavy atom. The zero-order valence-electron chi connectivity index (χ0n) is 15.2. The minimum atomic E-state index is -0.503. The molecule has 6 heteroatoms. The van der Waals surface area contributed by atoms with Crippen molar-refractivity contribution in [3.8, 4) is 0 Å². The zero-order chi connectivity index (χ0) is 18.7. The molecule has 0 aliphatic heterocycles. The lowest BCUT2D eigenvalue weighted by atomic mass is 10.1. The molecule has 0 atom stereocenters. The van der Waals surface area contributed by atoms with Crippen molar-refractivity contribution in [1.29, 1.82) is 0 Å². The van der Waals surface area contributed by atoms with Crippen molar-refractivity contribution in [2.24, 2.45) is 0 Å². The van der Waals surface area contributed by atoms with Gasteiger partial charge in [-0.25, -0.2) is 0 Å². The third kappa shape index (κ3) is 7.45. The second kappa shape index (κ2) is 11.3. The number of Topliss-reactive ketones (excluding diaryl/α,β-unsaturated/α-hetero) is 1. The molecule has 6 nitrogen and oxygen atoms in total. The van der Waals surface area contributed by atoms with Crippen LogP contribution in [0.1, 0.15) is 69.2 Å². The maximum absolute atomic E-state index is 12.3. The molecule has 0 aromatic heterocycles. The number of non-ortho nitro benzene ring substituents is 1. The quantitative estimate of drug-likeness (QED) is 0.243. The van der Waals surface area contributed by atoms with Crippen LogP contribution < -0.4 is 0 Å². The van der Waals surface area contributed by atoms with Crippen molar-refractivity contribution in [2.75, 3.05) is 13.1 Å². The number of nitro groups is 1. The number of benzene rings is 1. The summed E-state index contributed by atoms with van der Waals surface area (Å²) in [6, 6.07) is 5.50. The topological polar surface area (TPSA) is 80.5 Å². The lowest BCUT2D eigenvalue weighted by molar-refractivity contribution is -0.384. The summed E-state index contributed by atoms with van der Waals surface area (Å²) in [6.45, 7) is 5.51. The second-order valence-electron chi connectivity index (χ2n) is 6.11. The number of nitro benzene ring substituents is 1. The molecule has 0 aliphatic rings. The van der Waals surface area contributed by atoms with Crippen LogP contribution in [0, 0.1) is 10.1 Å². The molecule has 25 heavy (non-hydrogen) atoms. The highest BCUT2D eigenvalue weighted by Gasteiger charge is 2.15. The summed E-state index contributed by atoms with van der Waals surface area (Å²) in [4.78, 5) is 36.3. The summed E-state index contributed by atoms with van der Waals surface area (Å²) in [6.07, 6.45) is 6.04. The second-order valence-corrected chi connectivity index (χ2v) is 6.11. The molecule has 0 heterocycles. The molecule has 1 amide bonds. The third-order valence-corrected chi connectivity index (χ3v) is 4.23. The largest absolute Gasteiger partial charge is 0.343 e. The van der Waals surface area contributed by atoms with Crippen LogP contribution in [-0.4, -0.2) is 34.6 Å². The highest BCUT2D eigenvalue weighted by molar-refractivity contribution is 5.98. The Kier molecular flexibility index (Phi) is 9.43. The van der Waals surface area contributed by atoms with E-state index in [1.807, 2.05) is 6.92 Å². The van der Waals surface area contributed by atoms with E-state index in [9.17, 15) is 19.7 Å². The molecule has 1 aromatic rings. The molecular formula is C19H28N2O4. The average Bonchev–Trinajstić information content (AvgIpc) is 2.62. The van der Waals surface area contributed by atoms with Gasteiger partial charge in [0.25, 0.3) is 5.69 Å². The molecule has 0 bridgehead atoms. The Labute approximate surface area is 149 Å². The third-order valence-electron chi connectivity index (χ3n) is 4.23. The first-order valence-corrected chi connectivity index (χ1v) is 9.05. The van der Waals surface area contributed by atoms with Gasteiger partial charge in [-0.3, -0.25) is 19.7 Å². The van der Waals surface area contributed by atoms with Crippen molar-refractivity contribution in [1.82, 2.24) is 4.90 Å². The number of rotatable bonds is 12. The molecule has 0 aliphatic carbocycles. The van der Waals surface area contributed by atoms with Crippen LogP contribution in [-0.2, 0) is 4.79 Å². The van der Waals surface area contributed by atoms with Crippen molar-refractivity contribution in [3.63, 3.8) is 0 Å². The summed E-state index contributed by atoms with van der Waals surface area (Å²) in [5.41, 5.74) is 0.355. The van der Waals surface area contributed by atoms with E-state index in [0.29, 0.717) is 12.1 Å². The van der Waals surface area contributed by atoms with Crippen LogP contribution in [0.25, 0.3) is 0 Å². The van der Waals surface area contributed by atoms with Gasteiger partial charge in [-0.05, 0) is 25.5 Å². The standard InChI is InChI=1S/C19H28N2O4/c1-3-5-6-7-8-15-20(4-2)19(23)14-13-18(22)16-9-11-17(12-10-16)21(24)25/h9-12H,3-8,13-15H2,1-2H3. The van der Waals surface area contributed by atoms with Gasteiger partial charge >= 0.3 is 0 Å². The van der Waals surface area contributed by atoms with E-state index in [4.69, 9.17) is 0 Å². The van der Waals surface area contributed by atoms with E-state index >= 15 is 0 Å². The van der Waals surface area contributed by atoms with Crippen LogP contribution in [0.15, 0.2) is 24.3 Å². The maximum atomic E-state index is 12.3. The molecule has 0 N–H and O–H groups in total. The number of amides is 1. The molecule has 0 radical (unpaired) electrons. The van der Waals surface area contributed by atoms with Gasteiger partial charge in [-0.15, -0.1) is 0 Å². The minimum Gasteiger partial charge on any atom is -0.343 e. The zero-order valence-corrected chi connectivity index (χ0v) is 15.2. The number of hydrogen-bond donors (Lipinski definition) is 0.